The summed E-state index contributed by atoms with van der Waals surface area (Å²) in [4.78, 5) is 0. The van der Waals surface area contributed by atoms with Crippen molar-refractivity contribution < 1.29 is 5.11 Å². The molecule has 0 saturated heterocycles. The van der Waals surface area contributed by atoms with E-state index in [4.69, 9.17) is 5.11 Å². The van der Waals surface area contributed by atoms with Crippen molar-refractivity contribution >= 4 is 0 Å². The molecule has 0 heterocycles. The van der Waals surface area contributed by atoms with E-state index in [1.807, 2.05) is 18.2 Å². The Kier molecular flexibility index (Phi) is 5.79. The van der Waals surface area contributed by atoms with Gasteiger partial charge in [0.1, 0.15) is 0 Å². The van der Waals surface area contributed by atoms with Gasteiger partial charge in [-0.25, -0.2) is 5.11 Å². The molecule has 10 heavy (non-hydrogen) atoms. The second-order valence-electron chi connectivity index (χ2n) is 1.74. The zero-order chi connectivity index (χ0) is 7.82. The van der Waals surface area contributed by atoms with E-state index in [2.05, 4.69) is 19.1 Å². The second-order valence-corrected chi connectivity index (χ2v) is 1.74. The molecule has 0 aliphatic heterocycles. The first kappa shape index (κ1) is 9.18. The van der Waals surface area contributed by atoms with E-state index in [0.717, 1.165) is 13.5 Å². The van der Waals surface area contributed by atoms with Crippen molar-refractivity contribution in [1.82, 2.24) is 0 Å². The summed E-state index contributed by atoms with van der Waals surface area (Å²) in [5.74, 6) is 0. The molecule has 1 heteroatoms. The zero-order valence-corrected chi connectivity index (χ0v) is 6.21. The molecule has 1 aromatic carbocycles. The number of rotatable bonds is 1. The van der Waals surface area contributed by atoms with Crippen molar-refractivity contribution in [2.45, 2.75) is 6.42 Å². The van der Waals surface area contributed by atoms with Crippen LogP contribution < -0.4 is 0 Å². The first-order valence-electron chi connectivity index (χ1n) is 3.17. The molecule has 0 unspecified atom stereocenters. The molecule has 2 radical (unpaired) electrons. The van der Waals surface area contributed by atoms with E-state index in [1.165, 1.54) is 5.56 Å². The fourth-order valence-corrected chi connectivity index (χ4v) is 0.645. The van der Waals surface area contributed by atoms with Crippen molar-refractivity contribution in [3.05, 3.63) is 42.8 Å². The van der Waals surface area contributed by atoms with E-state index < -0.39 is 0 Å². The van der Waals surface area contributed by atoms with Gasteiger partial charge in [-0.1, -0.05) is 30.3 Å². The Morgan fingerprint density at radius 3 is 2.00 bits per heavy atom. The molecule has 0 bridgehead atoms. The highest BCUT2D eigenvalue weighted by molar-refractivity contribution is 5.14. The zero-order valence-electron chi connectivity index (χ0n) is 6.21. The lowest BCUT2D eigenvalue weighted by Crippen LogP contribution is -1.74. The normalized spacial score (nSPS) is 7.90. The number of hydrogen-bond acceptors (Lipinski definition) is 0. The molecule has 0 fully saturated rings. The molecule has 0 amide bonds. The lowest BCUT2D eigenvalue weighted by Gasteiger charge is -1.89. The van der Waals surface area contributed by atoms with E-state index >= 15 is 0 Å². The minimum absolute atomic E-state index is 0.750. The lowest BCUT2D eigenvalue weighted by atomic mass is 10.2. The Morgan fingerprint density at radius 1 is 1.20 bits per heavy atom. The SMILES string of the molecule is C[O].[CH2]Cc1ccccc1. The average molecular weight is 136 g/mol. The molecule has 54 valence electrons. The summed E-state index contributed by atoms with van der Waals surface area (Å²) >= 11 is 0. The molecule has 0 saturated carbocycles. The lowest BCUT2D eigenvalue weighted by molar-refractivity contribution is 0.282. The van der Waals surface area contributed by atoms with E-state index in [-0.39, 0.29) is 0 Å². The molecule has 1 rings (SSSR count). The highest BCUT2D eigenvalue weighted by Gasteiger charge is 1.80. The van der Waals surface area contributed by atoms with Gasteiger partial charge in [0.15, 0.2) is 0 Å². The second kappa shape index (κ2) is 6.30. The smallest absolute Gasteiger partial charge is 0.0712 e. The van der Waals surface area contributed by atoms with Crippen LogP contribution in [0.25, 0.3) is 0 Å². The molecule has 0 aromatic heterocycles. The highest BCUT2D eigenvalue weighted by atomic mass is 16.2. The summed E-state index contributed by atoms with van der Waals surface area (Å²) < 4.78 is 0. The first-order valence-corrected chi connectivity index (χ1v) is 3.17. The van der Waals surface area contributed by atoms with Crippen LogP contribution in [0.2, 0.25) is 0 Å². The van der Waals surface area contributed by atoms with Crippen molar-refractivity contribution in [3.63, 3.8) is 0 Å². The molecule has 0 spiro atoms. The average Bonchev–Trinajstić information content (AvgIpc) is 2.10. The third-order valence-electron chi connectivity index (χ3n) is 1.13. The van der Waals surface area contributed by atoms with E-state index in [9.17, 15) is 0 Å². The van der Waals surface area contributed by atoms with Crippen molar-refractivity contribution in [2.24, 2.45) is 0 Å². The fourth-order valence-electron chi connectivity index (χ4n) is 0.645. The predicted molar refractivity (Wildman–Crippen MR) is 42.1 cm³/mol. The summed E-state index contributed by atoms with van der Waals surface area (Å²) in [7, 11) is 0.750. The largest absolute Gasteiger partial charge is 0.240 e. The molecular weight excluding hydrogens is 124 g/mol. The Hall–Kier alpha value is -0.820. The standard InChI is InChI=1S/C8H9.CH3O/c1-2-8-6-4-3-5-7-8;1-2/h3-7H,1-2H2;1H3. The van der Waals surface area contributed by atoms with Gasteiger partial charge in [-0.2, -0.15) is 0 Å². The molecule has 1 nitrogen and oxygen atoms in total. The van der Waals surface area contributed by atoms with Gasteiger partial charge in [0.25, 0.3) is 0 Å². The van der Waals surface area contributed by atoms with Crippen LogP contribution >= 0.6 is 0 Å². The summed E-state index contributed by atoms with van der Waals surface area (Å²) in [5.41, 5.74) is 1.30. The third kappa shape index (κ3) is 3.25. The van der Waals surface area contributed by atoms with Crippen LogP contribution in [-0.4, -0.2) is 7.11 Å². The molecule has 0 N–H and O–H groups in total. The van der Waals surface area contributed by atoms with Crippen LogP contribution in [0.4, 0.5) is 0 Å². The van der Waals surface area contributed by atoms with Gasteiger partial charge < -0.3 is 0 Å². The molecule has 1 aromatic rings. The van der Waals surface area contributed by atoms with Crippen LogP contribution in [0, 0.1) is 6.92 Å². The minimum Gasteiger partial charge on any atom is -0.240 e. The maximum absolute atomic E-state index is 8.25. The van der Waals surface area contributed by atoms with Gasteiger partial charge >= 0.3 is 0 Å². The van der Waals surface area contributed by atoms with Crippen LogP contribution in [0.5, 0.6) is 0 Å². The molecule has 0 aliphatic carbocycles. The van der Waals surface area contributed by atoms with Crippen molar-refractivity contribution in [2.75, 3.05) is 7.11 Å². The van der Waals surface area contributed by atoms with Crippen LogP contribution in [0.3, 0.4) is 0 Å². The highest BCUT2D eigenvalue weighted by Crippen LogP contribution is 1.96. The van der Waals surface area contributed by atoms with Gasteiger partial charge in [0.2, 0.25) is 0 Å². The van der Waals surface area contributed by atoms with Gasteiger partial charge in [-0.05, 0) is 18.9 Å². The van der Waals surface area contributed by atoms with Crippen LogP contribution in [0.1, 0.15) is 5.56 Å². The topological polar surface area (TPSA) is 19.9 Å². The molecular formula is C9H12O. The first-order chi connectivity index (χ1) is 4.93. The van der Waals surface area contributed by atoms with Crippen LogP contribution in [-0.2, 0) is 11.5 Å². The summed E-state index contributed by atoms with van der Waals surface area (Å²) in [6.07, 6.45) is 0.890. The van der Waals surface area contributed by atoms with E-state index in [1.54, 1.807) is 0 Å². The third-order valence-corrected chi connectivity index (χ3v) is 1.13. The monoisotopic (exact) mass is 136 g/mol. The maximum Gasteiger partial charge on any atom is 0.0712 e. The Morgan fingerprint density at radius 2 is 1.70 bits per heavy atom. The maximum atomic E-state index is 8.25. The Labute approximate surface area is 62.3 Å². The van der Waals surface area contributed by atoms with Gasteiger partial charge in [-0.3, -0.25) is 0 Å². The Bertz CT molecular complexity index is 146. The Balaban J connectivity index is 0.000000371. The number of hydrogen-bond donors (Lipinski definition) is 0. The quantitative estimate of drug-likeness (QED) is 0.563. The predicted octanol–water partition coefficient (Wildman–Crippen LogP) is 2.11. The fraction of sp³-hybridized carbons (Fsp3) is 0.222. The van der Waals surface area contributed by atoms with Gasteiger partial charge in [0, 0.05) is 0 Å². The number of benzene rings is 1. The van der Waals surface area contributed by atoms with Crippen molar-refractivity contribution in [1.29, 1.82) is 0 Å². The molecule has 0 aliphatic rings. The summed E-state index contributed by atoms with van der Waals surface area (Å²) in [5, 5.41) is 8.25. The van der Waals surface area contributed by atoms with E-state index in [0.29, 0.717) is 0 Å². The van der Waals surface area contributed by atoms with Gasteiger partial charge in [0.05, 0.1) is 7.11 Å². The van der Waals surface area contributed by atoms with Crippen molar-refractivity contribution in [3.8, 4) is 0 Å². The summed E-state index contributed by atoms with van der Waals surface area (Å²) in [6.45, 7) is 3.76. The molecule has 0 atom stereocenters. The minimum atomic E-state index is 0.750. The van der Waals surface area contributed by atoms with Crippen LogP contribution in [0.15, 0.2) is 30.3 Å². The summed E-state index contributed by atoms with van der Waals surface area (Å²) in [6, 6.07) is 10.2. The van der Waals surface area contributed by atoms with Gasteiger partial charge in [-0.15, -0.1) is 0 Å².